The normalized spacial score (nSPS) is 22.9. The molecule has 2 saturated heterocycles. The van der Waals surface area contributed by atoms with E-state index in [-0.39, 0.29) is 24.1 Å². The van der Waals surface area contributed by atoms with Crippen molar-refractivity contribution in [2.24, 2.45) is 0 Å². The number of likely N-dealkylation sites (tertiary alicyclic amines) is 1. The molecule has 0 aromatic heterocycles. The van der Waals surface area contributed by atoms with E-state index in [1.807, 2.05) is 11.8 Å². The highest BCUT2D eigenvalue weighted by atomic mass is 16.5. The molecule has 2 aliphatic rings. The van der Waals surface area contributed by atoms with Crippen LogP contribution < -0.4 is 10.6 Å². The van der Waals surface area contributed by atoms with E-state index in [1.54, 1.807) is 24.3 Å². The minimum atomic E-state index is -0.326. The summed E-state index contributed by atoms with van der Waals surface area (Å²) < 4.78 is 10.9. The fourth-order valence-electron chi connectivity index (χ4n) is 3.39. The summed E-state index contributed by atoms with van der Waals surface area (Å²) in [7, 11) is 0. The van der Waals surface area contributed by atoms with Crippen LogP contribution >= 0.6 is 0 Å². The Labute approximate surface area is 154 Å². The van der Waals surface area contributed by atoms with Crippen molar-refractivity contribution < 1.29 is 19.1 Å². The SMILES string of the molecule is CCOC1COCC1NC(=O)Nc1cccc(C(=O)N2CCCCC2)c1. The zero-order valence-electron chi connectivity index (χ0n) is 15.2. The van der Waals surface area contributed by atoms with Crippen molar-refractivity contribution in [1.82, 2.24) is 10.2 Å². The standard InChI is InChI=1S/C19H27N3O4/c1-2-26-17-13-25-12-16(17)21-19(24)20-15-8-6-7-14(11-15)18(23)22-9-4-3-5-10-22/h6-8,11,16-17H,2-5,9-10,12-13H2,1H3,(H2,20,21,24). The summed E-state index contributed by atoms with van der Waals surface area (Å²) in [4.78, 5) is 26.7. The van der Waals surface area contributed by atoms with Crippen molar-refractivity contribution in [3.05, 3.63) is 29.8 Å². The van der Waals surface area contributed by atoms with Crippen molar-refractivity contribution in [2.75, 3.05) is 38.2 Å². The first-order valence-electron chi connectivity index (χ1n) is 9.33. The van der Waals surface area contributed by atoms with Gasteiger partial charge in [-0.2, -0.15) is 0 Å². The molecule has 2 N–H and O–H groups in total. The number of ether oxygens (including phenoxy) is 2. The molecule has 2 heterocycles. The van der Waals surface area contributed by atoms with E-state index in [0.29, 0.717) is 31.1 Å². The van der Waals surface area contributed by atoms with Crippen molar-refractivity contribution in [3.8, 4) is 0 Å². The summed E-state index contributed by atoms with van der Waals surface area (Å²) in [5.74, 6) is 0.0226. The Bertz CT molecular complexity index is 631. The van der Waals surface area contributed by atoms with Gasteiger partial charge >= 0.3 is 6.03 Å². The highest BCUT2D eigenvalue weighted by Gasteiger charge is 2.30. The number of hydrogen-bond donors (Lipinski definition) is 2. The molecule has 1 aromatic rings. The molecule has 3 rings (SSSR count). The molecule has 2 aliphatic heterocycles. The third kappa shape index (κ3) is 4.74. The molecule has 0 aliphatic carbocycles. The van der Waals surface area contributed by atoms with Crippen LogP contribution in [0.15, 0.2) is 24.3 Å². The van der Waals surface area contributed by atoms with E-state index in [4.69, 9.17) is 9.47 Å². The largest absolute Gasteiger partial charge is 0.376 e. The topological polar surface area (TPSA) is 79.9 Å². The van der Waals surface area contributed by atoms with Crippen LogP contribution in [0, 0.1) is 0 Å². The number of anilines is 1. The minimum Gasteiger partial charge on any atom is -0.376 e. The van der Waals surface area contributed by atoms with Gasteiger partial charge in [0.2, 0.25) is 0 Å². The number of amides is 3. The lowest BCUT2D eigenvalue weighted by Gasteiger charge is -2.26. The molecule has 7 heteroatoms. The number of urea groups is 1. The molecule has 142 valence electrons. The number of piperidine rings is 1. The molecule has 7 nitrogen and oxygen atoms in total. The van der Waals surface area contributed by atoms with Crippen molar-refractivity contribution in [2.45, 2.75) is 38.3 Å². The zero-order valence-corrected chi connectivity index (χ0v) is 15.2. The molecule has 3 amide bonds. The van der Waals surface area contributed by atoms with Gasteiger partial charge in [-0.1, -0.05) is 6.07 Å². The van der Waals surface area contributed by atoms with E-state index in [9.17, 15) is 9.59 Å². The molecular formula is C19H27N3O4. The van der Waals surface area contributed by atoms with Crippen LogP contribution in [0.4, 0.5) is 10.5 Å². The van der Waals surface area contributed by atoms with Crippen LogP contribution in [-0.4, -0.2) is 61.9 Å². The Kier molecular flexibility index (Phi) is 6.46. The first kappa shape index (κ1) is 18.7. The van der Waals surface area contributed by atoms with Crippen LogP contribution in [0.2, 0.25) is 0 Å². The number of benzene rings is 1. The summed E-state index contributed by atoms with van der Waals surface area (Å²) in [6, 6.07) is 6.57. The molecule has 0 saturated carbocycles. The smallest absolute Gasteiger partial charge is 0.319 e. The zero-order chi connectivity index (χ0) is 18.4. The van der Waals surface area contributed by atoms with E-state index in [0.717, 1.165) is 25.9 Å². The van der Waals surface area contributed by atoms with Crippen LogP contribution in [0.25, 0.3) is 0 Å². The molecule has 26 heavy (non-hydrogen) atoms. The summed E-state index contributed by atoms with van der Waals surface area (Å²) >= 11 is 0. The number of nitrogens with zero attached hydrogens (tertiary/aromatic N) is 1. The van der Waals surface area contributed by atoms with Gasteiger partial charge in [-0.15, -0.1) is 0 Å². The fraction of sp³-hybridized carbons (Fsp3) is 0.579. The van der Waals surface area contributed by atoms with Gasteiger partial charge in [0.05, 0.1) is 19.3 Å². The van der Waals surface area contributed by atoms with Gasteiger partial charge in [-0.3, -0.25) is 4.79 Å². The summed E-state index contributed by atoms with van der Waals surface area (Å²) in [5, 5.41) is 5.68. The van der Waals surface area contributed by atoms with Gasteiger partial charge in [0.15, 0.2) is 0 Å². The Balaban J connectivity index is 1.57. The molecule has 2 fully saturated rings. The maximum atomic E-state index is 12.6. The Morgan fingerprint density at radius 2 is 2.04 bits per heavy atom. The number of hydrogen-bond acceptors (Lipinski definition) is 4. The minimum absolute atomic E-state index is 0.0226. The van der Waals surface area contributed by atoms with Crippen molar-refractivity contribution in [3.63, 3.8) is 0 Å². The molecule has 0 radical (unpaired) electrons. The lowest BCUT2D eigenvalue weighted by molar-refractivity contribution is 0.0428. The second-order valence-electron chi connectivity index (χ2n) is 6.67. The second kappa shape index (κ2) is 9.00. The quantitative estimate of drug-likeness (QED) is 0.843. The maximum Gasteiger partial charge on any atom is 0.319 e. The predicted octanol–water partition coefficient (Wildman–Crippen LogP) is 2.24. The number of carbonyl (C=O) groups excluding carboxylic acids is 2. The average Bonchev–Trinajstić information content (AvgIpc) is 3.09. The third-order valence-corrected chi connectivity index (χ3v) is 4.74. The Morgan fingerprint density at radius 1 is 1.23 bits per heavy atom. The first-order valence-corrected chi connectivity index (χ1v) is 9.33. The number of rotatable bonds is 5. The highest BCUT2D eigenvalue weighted by molar-refractivity contribution is 5.97. The third-order valence-electron chi connectivity index (χ3n) is 4.74. The average molecular weight is 361 g/mol. The van der Waals surface area contributed by atoms with Gasteiger partial charge in [-0.25, -0.2) is 4.79 Å². The molecule has 1 aromatic carbocycles. The lowest BCUT2D eigenvalue weighted by atomic mass is 10.1. The Morgan fingerprint density at radius 3 is 2.81 bits per heavy atom. The van der Waals surface area contributed by atoms with Gasteiger partial charge < -0.3 is 25.0 Å². The summed E-state index contributed by atoms with van der Waals surface area (Å²) in [6.07, 6.45) is 3.16. The Hall–Kier alpha value is -2.12. The van der Waals surface area contributed by atoms with E-state index >= 15 is 0 Å². The van der Waals surface area contributed by atoms with Gasteiger partial charge in [-0.05, 0) is 44.4 Å². The van der Waals surface area contributed by atoms with E-state index in [1.165, 1.54) is 6.42 Å². The molecular weight excluding hydrogens is 334 g/mol. The summed E-state index contributed by atoms with van der Waals surface area (Å²) in [6.45, 7) is 5.02. The highest BCUT2D eigenvalue weighted by Crippen LogP contribution is 2.17. The van der Waals surface area contributed by atoms with Gasteiger partial charge in [0.25, 0.3) is 5.91 Å². The van der Waals surface area contributed by atoms with E-state index < -0.39 is 0 Å². The van der Waals surface area contributed by atoms with Crippen molar-refractivity contribution >= 4 is 17.6 Å². The summed E-state index contributed by atoms with van der Waals surface area (Å²) in [5.41, 5.74) is 1.19. The van der Waals surface area contributed by atoms with Crippen LogP contribution in [-0.2, 0) is 9.47 Å². The number of carbonyl (C=O) groups is 2. The maximum absolute atomic E-state index is 12.6. The predicted molar refractivity (Wildman–Crippen MR) is 98.4 cm³/mol. The van der Waals surface area contributed by atoms with Gasteiger partial charge in [0, 0.05) is 30.9 Å². The van der Waals surface area contributed by atoms with Crippen LogP contribution in [0.1, 0.15) is 36.5 Å². The fourth-order valence-corrected chi connectivity index (χ4v) is 3.39. The van der Waals surface area contributed by atoms with Crippen molar-refractivity contribution in [1.29, 1.82) is 0 Å². The molecule has 0 spiro atoms. The molecule has 2 unspecified atom stereocenters. The molecule has 0 bridgehead atoms. The first-order chi connectivity index (χ1) is 12.7. The van der Waals surface area contributed by atoms with Gasteiger partial charge in [0.1, 0.15) is 6.10 Å². The van der Waals surface area contributed by atoms with Crippen LogP contribution in [0.5, 0.6) is 0 Å². The monoisotopic (exact) mass is 361 g/mol. The number of nitrogens with one attached hydrogen (secondary N) is 2. The van der Waals surface area contributed by atoms with E-state index in [2.05, 4.69) is 10.6 Å². The van der Waals surface area contributed by atoms with Crippen LogP contribution in [0.3, 0.4) is 0 Å². The lowest BCUT2D eigenvalue weighted by Crippen LogP contribution is -2.45. The second-order valence-corrected chi connectivity index (χ2v) is 6.67. The molecule has 2 atom stereocenters.